The Balaban J connectivity index is 1.18. The molecule has 0 spiro atoms. The van der Waals surface area contributed by atoms with Gasteiger partial charge in [0, 0.05) is 5.69 Å². The number of carbonyl (C=O) groups is 2. The zero-order valence-corrected chi connectivity index (χ0v) is 22.5. The largest absolute Gasteiger partial charge is 0.491 e. The van der Waals surface area contributed by atoms with E-state index in [0.717, 1.165) is 55.3 Å². The Kier molecular flexibility index (Phi) is 10.2. The van der Waals surface area contributed by atoms with Gasteiger partial charge in [0.2, 0.25) is 0 Å². The molecule has 2 aromatic rings. The normalized spacial score (nSPS) is 14.1. The SMILES string of the molecule is O=C(O)COCCOCCOCCOc1ccc(S(=O)(=O)NC(=O)Nc2c3c(cc4c2CCC4)CCC3)cc1. The highest BCUT2D eigenvalue weighted by atomic mass is 32.2. The predicted molar refractivity (Wildman–Crippen MR) is 142 cm³/mol. The number of urea groups is 1. The summed E-state index contributed by atoms with van der Waals surface area (Å²) in [5, 5.41) is 11.3. The van der Waals surface area contributed by atoms with Crippen LogP contribution in [-0.2, 0) is 54.7 Å². The van der Waals surface area contributed by atoms with Crippen molar-refractivity contribution in [1.29, 1.82) is 0 Å². The minimum atomic E-state index is -4.07. The summed E-state index contributed by atoms with van der Waals surface area (Å²) in [7, 11) is -4.07. The summed E-state index contributed by atoms with van der Waals surface area (Å²) in [5.74, 6) is -0.563. The van der Waals surface area contributed by atoms with Crippen molar-refractivity contribution in [3.8, 4) is 5.75 Å². The monoisotopic (exact) mass is 562 g/mol. The Morgan fingerprint density at radius 2 is 1.36 bits per heavy atom. The lowest BCUT2D eigenvalue weighted by Crippen LogP contribution is -2.35. The number of benzene rings is 2. The minimum absolute atomic E-state index is 0.0470. The van der Waals surface area contributed by atoms with Gasteiger partial charge in [0.1, 0.15) is 19.0 Å². The van der Waals surface area contributed by atoms with E-state index in [1.807, 2.05) is 0 Å². The lowest BCUT2D eigenvalue weighted by atomic mass is 9.99. The van der Waals surface area contributed by atoms with E-state index >= 15 is 0 Å². The maximum Gasteiger partial charge on any atom is 0.333 e. The molecule has 0 unspecified atom stereocenters. The molecular weight excluding hydrogens is 528 g/mol. The number of sulfonamides is 1. The molecule has 0 aromatic heterocycles. The molecule has 0 radical (unpaired) electrons. The van der Waals surface area contributed by atoms with E-state index in [1.165, 1.54) is 35.4 Å². The van der Waals surface area contributed by atoms with Crippen LogP contribution in [-0.4, -0.2) is 71.8 Å². The van der Waals surface area contributed by atoms with Crippen LogP contribution in [0.15, 0.2) is 35.2 Å². The second-order valence-electron chi connectivity index (χ2n) is 9.28. The number of carboxylic acids is 1. The maximum absolute atomic E-state index is 12.8. The molecule has 39 heavy (non-hydrogen) atoms. The quantitative estimate of drug-likeness (QED) is 0.279. The van der Waals surface area contributed by atoms with Gasteiger partial charge in [-0.2, -0.15) is 0 Å². The first-order chi connectivity index (χ1) is 18.8. The van der Waals surface area contributed by atoms with E-state index in [2.05, 4.69) is 16.1 Å². The third-order valence-corrected chi connectivity index (χ3v) is 7.89. The summed E-state index contributed by atoms with van der Waals surface area (Å²) in [6.07, 6.45) is 5.82. The first kappa shape index (κ1) is 28.8. The van der Waals surface area contributed by atoms with Crippen LogP contribution in [0.1, 0.15) is 35.1 Å². The molecule has 2 aromatic carbocycles. The maximum atomic E-state index is 12.8. The number of aryl methyl sites for hydroxylation is 2. The number of fused-ring (bicyclic) bond motifs is 2. The molecule has 2 amide bonds. The minimum Gasteiger partial charge on any atom is -0.491 e. The van der Waals surface area contributed by atoms with Crippen molar-refractivity contribution in [2.45, 2.75) is 43.4 Å². The van der Waals surface area contributed by atoms with Crippen LogP contribution in [0.3, 0.4) is 0 Å². The molecule has 0 aliphatic heterocycles. The molecular formula is C27H34N2O9S. The zero-order chi connectivity index (χ0) is 27.7. The van der Waals surface area contributed by atoms with Crippen molar-refractivity contribution in [3.05, 3.63) is 52.6 Å². The van der Waals surface area contributed by atoms with Crippen LogP contribution < -0.4 is 14.8 Å². The highest BCUT2D eigenvalue weighted by molar-refractivity contribution is 7.90. The molecule has 4 rings (SSSR count). The first-order valence-corrected chi connectivity index (χ1v) is 14.5. The smallest absolute Gasteiger partial charge is 0.333 e. The van der Waals surface area contributed by atoms with Crippen molar-refractivity contribution >= 4 is 27.7 Å². The highest BCUT2D eigenvalue weighted by Crippen LogP contribution is 2.38. The van der Waals surface area contributed by atoms with Gasteiger partial charge in [0.15, 0.2) is 0 Å². The topological polar surface area (TPSA) is 149 Å². The summed E-state index contributed by atoms with van der Waals surface area (Å²) < 4.78 is 48.8. The van der Waals surface area contributed by atoms with E-state index in [4.69, 9.17) is 24.1 Å². The number of anilines is 1. The number of rotatable bonds is 15. The van der Waals surface area contributed by atoms with Gasteiger partial charge in [0.25, 0.3) is 10.0 Å². The molecule has 0 fully saturated rings. The van der Waals surface area contributed by atoms with Crippen LogP contribution in [0.25, 0.3) is 0 Å². The Bertz CT molecular complexity index is 1230. The lowest BCUT2D eigenvalue weighted by molar-refractivity contribution is -0.142. The van der Waals surface area contributed by atoms with E-state index in [0.29, 0.717) is 25.6 Å². The Morgan fingerprint density at radius 3 is 1.95 bits per heavy atom. The van der Waals surface area contributed by atoms with Crippen molar-refractivity contribution < 1.29 is 42.1 Å². The number of nitrogens with one attached hydrogen (secondary N) is 2. The Hall–Kier alpha value is -3.19. The van der Waals surface area contributed by atoms with Gasteiger partial charge in [-0.15, -0.1) is 0 Å². The summed E-state index contributed by atoms with van der Waals surface area (Å²) >= 11 is 0. The third-order valence-electron chi connectivity index (χ3n) is 6.54. The van der Waals surface area contributed by atoms with Crippen LogP contribution >= 0.6 is 0 Å². The molecule has 3 N–H and O–H groups in total. The van der Waals surface area contributed by atoms with Gasteiger partial charge in [-0.05, 0) is 85.0 Å². The molecule has 0 bridgehead atoms. The van der Waals surface area contributed by atoms with Crippen LogP contribution in [0.2, 0.25) is 0 Å². The van der Waals surface area contributed by atoms with E-state index in [-0.39, 0.29) is 31.3 Å². The van der Waals surface area contributed by atoms with Gasteiger partial charge in [-0.1, -0.05) is 6.07 Å². The second kappa shape index (κ2) is 13.7. The fraction of sp³-hybridized carbons (Fsp3) is 0.481. The molecule has 12 heteroatoms. The van der Waals surface area contributed by atoms with Crippen molar-refractivity contribution in [2.24, 2.45) is 0 Å². The van der Waals surface area contributed by atoms with E-state index < -0.39 is 22.0 Å². The molecule has 0 saturated carbocycles. The molecule has 0 heterocycles. The standard InChI is InChI=1S/C27H34N2O9S/c30-25(31)18-37-14-13-35-11-12-36-15-16-38-21-7-9-22(10-8-21)39(33,34)29-27(32)28-26-23-5-1-3-19(23)17-20-4-2-6-24(20)26/h7-10,17H,1-6,11-16,18H2,(H,30,31)(H2,28,29,32). The third kappa shape index (κ3) is 8.15. The van der Waals surface area contributed by atoms with E-state index in [1.54, 1.807) is 0 Å². The van der Waals surface area contributed by atoms with Crippen LogP contribution in [0.5, 0.6) is 5.75 Å². The lowest BCUT2D eigenvalue weighted by Gasteiger charge is -2.16. The first-order valence-electron chi connectivity index (χ1n) is 13.0. The molecule has 2 aliphatic rings. The molecule has 11 nitrogen and oxygen atoms in total. The fourth-order valence-electron chi connectivity index (χ4n) is 4.82. The molecule has 0 saturated heterocycles. The number of aliphatic carboxylic acids is 1. The summed E-state index contributed by atoms with van der Waals surface area (Å²) in [5.41, 5.74) is 5.55. The zero-order valence-electron chi connectivity index (χ0n) is 21.7. The van der Waals surface area contributed by atoms with Crippen molar-refractivity contribution in [3.63, 3.8) is 0 Å². The van der Waals surface area contributed by atoms with E-state index in [9.17, 15) is 18.0 Å². The summed E-state index contributed by atoms with van der Waals surface area (Å²) in [6, 6.07) is 7.28. The van der Waals surface area contributed by atoms with Gasteiger partial charge in [-0.3, -0.25) is 0 Å². The van der Waals surface area contributed by atoms with Crippen molar-refractivity contribution in [2.75, 3.05) is 51.6 Å². The second-order valence-corrected chi connectivity index (χ2v) is 11.0. The molecule has 0 atom stereocenters. The van der Waals surface area contributed by atoms with Gasteiger partial charge in [-0.25, -0.2) is 22.7 Å². The molecule has 212 valence electrons. The molecule has 2 aliphatic carbocycles. The number of hydrogen-bond acceptors (Lipinski definition) is 8. The number of amides is 2. The number of carboxylic acid groups (broad SMARTS) is 1. The van der Waals surface area contributed by atoms with Gasteiger partial charge in [0.05, 0.1) is 37.9 Å². The van der Waals surface area contributed by atoms with Gasteiger partial charge < -0.3 is 29.4 Å². The Labute approximate surface area is 227 Å². The van der Waals surface area contributed by atoms with Crippen LogP contribution in [0, 0.1) is 0 Å². The Morgan fingerprint density at radius 1 is 0.795 bits per heavy atom. The average molecular weight is 563 g/mol. The average Bonchev–Trinajstić information content (AvgIpc) is 3.56. The van der Waals surface area contributed by atoms with Gasteiger partial charge >= 0.3 is 12.0 Å². The number of hydrogen-bond donors (Lipinski definition) is 3. The highest BCUT2D eigenvalue weighted by Gasteiger charge is 2.26. The summed E-state index contributed by atoms with van der Waals surface area (Å²) in [4.78, 5) is 23.0. The summed E-state index contributed by atoms with van der Waals surface area (Å²) in [6.45, 7) is 1.33. The van der Waals surface area contributed by atoms with Crippen molar-refractivity contribution in [1.82, 2.24) is 4.72 Å². The number of carbonyl (C=O) groups excluding carboxylic acids is 1. The van der Waals surface area contributed by atoms with Crippen LogP contribution in [0.4, 0.5) is 10.5 Å². The number of ether oxygens (including phenoxy) is 4. The predicted octanol–water partition coefficient (Wildman–Crippen LogP) is 2.69. The fourth-order valence-corrected chi connectivity index (χ4v) is 5.73.